The van der Waals surface area contributed by atoms with E-state index in [1.807, 2.05) is 6.92 Å². The van der Waals surface area contributed by atoms with Gasteiger partial charge in [-0.2, -0.15) is 0 Å². The van der Waals surface area contributed by atoms with Gasteiger partial charge in [-0.25, -0.2) is 0 Å². The van der Waals surface area contributed by atoms with Crippen LogP contribution in [0.4, 0.5) is 5.69 Å². The topological polar surface area (TPSA) is 65.1 Å². The standard InChI is InChI=1S/C9H8N2O3S/c1-2-10-9(12)7-4-3-6(11(13)14)5-8(7)15-10/h3-5H,2H2,1H3. The van der Waals surface area contributed by atoms with E-state index in [0.29, 0.717) is 16.6 Å². The summed E-state index contributed by atoms with van der Waals surface area (Å²) in [5.41, 5.74) is -0.0561. The summed E-state index contributed by atoms with van der Waals surface area (Å²) in [7, 11) is 0. The van der Waals surface area contributed by atoms with Gasteiger partial charge >= 0.3 is 0 Å². The minimum atomic E-state index is -0.458. The molecule has 0 aliphatic heterocycles. The van der Waals surface area contributed by atoms with E-state index in [4.69, 9.17) is 0 Å². The maximum atomic E-state index is 11.6. The Morgan fingerprint density at radius 1 is 1.53 bits per heavy atom. The summed E-state index contributed by atoms with van der Waals surface area (Å²) in [4.78, 5) is 21.7. The molecular weight excluding hydrogens is 216 g/mol. The van der Waals surface area contributed by atoms with Crippen molar-refractivity contribution in [2.45, 2.75) is 13.5 Å². The highest BCUT2D eigenvalue weighted by molar-refractivity contribution is 7.13. The van der Waals surface area contributed by atoms with Crippen LogP contribution in [0.5, 0.6) is 0 Å². The second kappa shape index (κ2) is 3.47. The molecule has 0 saturated heterocycles. The van der Waals surface area contributed by atoms with E-state index < -0.39 is 4.92 Å². The van der Waals surface area contributed by atoms with Crippen LogP contribution in [-0.2, 0) is 6.54 Å². The number of rotatable bonds is 2. The first-order chi connectivity index (χ1) is 7.13. The van der Waals surface area contributed by atoms with E-state index in [1.54, 1.807) is 3.96 Å². The fourth-order valence-corrected chi connectivity index (χ4v) is 2.35. The number of benzene rings is 1. The summed E-state index contributed by atoms with van der Waals surface area (Å²) in [6.07, 6.45) is 0. The lowest BCUT2D eigenvalue weighted by molar-refractivity contribution is -0.384. The zero-order valence-corrected chi connectivity index (χ0v) is 8.78. The highest BCUT2D eigenvalue weighted by Crippen LogP contribution is 2.22. The summed E-state index contributed by atoms with van der Waals surface area (Å²) >= 11 is 1.26. The molecule has 0 saturated carbocycles. The highest BCUT2D eigenvalue weighted by Gasteiger charge is 2.11. The molecule has 5 nitrogen and oxygen atoms in total. The predicted octanol–water partition coefficient (Wildman–Crippen LogP) is 1.99. The Kier molecular flexibility index (Phi) is 2.28. The molecular formula is C9H8N2O3S. The van der Waals surface area contributed by atoms with E-state index in [-0.39, 0.29) is 11.2 Å². The van der Waals surface area contributed by atoms with Crippen LogP contribution < -0.4 is 5.56 Å². The first kappa shape index (κ1) is 9.85. The minimum absolute atomic E-state index is 0.0204. The van der Waals surface area contributed by atoms with Crippen molar-refractivity contribution in [1.29, 1.82) is 0 Å². The zero-order chi connectivity index (χ0) is 11.0. The average molecular weight is 224 g/mol. The Hall–Kier alpha value is -1.69. The Morgan fingerprint density at radius 3 is 2.87 bits per heavy atom. The number of fused-ring (bicyclic) bond motifs is 1. The van der Waals surface area contributed by atoms with Crippen molar-refractivity contribution in [2.24, 2.45) is 0 Å². The van der Waals surface area contributed by atoms with Gasteiger partial charge < -0.3 is 0 Å². The molecule has 6 heteroatoms. The second-order valence-corrected chi connectivity index (χ2v) is 4.09. The van der Waals surface area contributed by atoms with E-state index in [0.717, 1.165) is 0 Å². The SMILES string of the molecule is CCn1sc2cc([N+](=O)[O-])ccc2c1=O. The van der Waals surface area contributed by atoms with Crippen LogP contribution in [0.3, 0.4) is 0 Å². The molecule has 0 radical (unpaired) electrons. The van der Waals surface area contributed by atoms with Gasteiger partial charge in [0.2, 0.25) is 0 Å². The molecule has 2 aromatic rings. The summed E-state index contributed by atoms with van der Waals surface area (Å²) < 4.78 is 2.24. The number of aryl methyl sites for hydroxylation is 1. The van der Waals surface area contributed by atoms with Gasteiger partial charge in [0.25, 0.3) is 11.2 Å². The third kappa shape index (κ3) is 1.52. The molecule has 0 fully saturated rings. The van der Waals surface area contributed by atoms with Crippen LogP contribution in [-0.4, -0.2) is 8.88 Å². The molecule has 0 N–H and O–H groups in total. The van der Waals surface area contributed by atoms with Gasteiger partial charge in [0.05, 0.1) is 15.0 Å². The number of aromatic nitrogens is 1. The zero-order valence-electron chi connectivity index (χ0n) is 7.97. The van der Waals surface area contributed by atoms with E-state index in [9.17, 15) is 14.9 Å². The quantitative estimate of drug-likeness (QED) is 0.578. The first-order valence-electron chi connectivity index (χ1n) is 4.41. The second-order valence-electron chi connectivity index (χ2n) is 3.03. The monoisotopic (exact) mass is 224 g/mol. The Labute approximate surface area is 88.9 Å². The van der Waals surface area contributed by atoms with Crippen molar-refractivity contribution in [3.63, 3.8) is 0 Å². The number of nitrogens with zero attached hydrogens (tertiary/aromatic N) is 2. The summed E-state index contributed by atoms with van der Waals surface area (Å²) in [6.45, 7) is 2.46. The molecule has 1 aromatic heterocycles. The molecule has 0 amide bonds. The van der Waals surface area contributed by atoms with Gasteiger partial charge in [-0.1, -0.05) is 11.5 Å². The Balaban J connectivity index is 2.73. The van der Waals surface area contributed by atoms with Crippen molar-refractivity contribution < 1.29 is 4.92 Å². The maximum Gasteiger partial charge on any atom is 0.270 e. The molecule has 0 atom stereocenters. The van der Waals surface area contributed by atoms with Gasteiger partial charge in [0, 0.05) is 18.7 Å². The van der Waals surface area contributed by atoms with Gasteiger partial charge in [0.15, 0.2) is 0 Å². The fourth-order valence-electron chi connectivity index (χ4n) is 1.38. The predicted molar refractivity (Wildman–Crippen MR) is 58.4 cm³/mol. The van der Waals surface area contributed by atoms with E-state index in [1.165, 1.54) is 29.7 Å². The molecule has 1 aromatic carbocycles. The number of hydrogen-bond acceptors (Lipinski definition) is 4. The van der Waals surface area contributed by atoms with Crippen LogP contribution in [0.25, 0.3) is 10.1 Å². The molecule has 15 heavy (non-hydrogen) atoms. The van der Waals surface area contributed by atoms with Crippen LogP contribution in [0.15, 0.2) is 23.0 Å². The van der Waals surface area contributed by atoms with Gasteiger partial charge in [0.1, 0.15) is 0 Å². The van der Waals surface area contributed by atoms with E-state index in [2.05, 4.69) is 0 Å². The van der Waals surface area contributed by atoms with Crippen LogP contribution >= 0.6 is 11.5 Å². The molecule has 0 bridgehead atoms. The van der Waals surface area contributed by atoms with Gasteiger partial charge in [-0.05, 0) is 13.0 Å². The van der Waals surface area contributed by atoms with Crippen LogP contribution in [0.1, 0.15) is 6.92 Å². The largest absolute Gasteiger partial charge is 0.270 e. The lowest BCUT2D eigenvalue weighted by Gasteiger charge is -1.88. The summed E-state index contributed by atoms with van der Waals surface area (Å²) in [5.74, 6) is 0. The van der Waals surface area contributed by atoms with E-state index >= 15 is 0 Å². The molecule has 78 valence electrons. The molecule has 0 spiro atoms. The smallest absolute Gasteiger partial charge is 0.268 e. The first-order valence-corrected chi connectivity index (χ1v) is 5.19. The van der Waals surface area contributed by atoms with Crippen molar-refractivity contribution in [3.8, 4) is 0 Å². The molecule has 0 aliphatic carbocycles. The molecule has 2 rings (SSSR count). The summed E-state index contributed by atoms with van der Waals surface area (Å²) in [5, 5.41) is 11.1. The number of nitro benzene ring substituents is 1. The van der Waals surface area contributed by atoms with Gasteiger partial charge in [-0.3, -0.25) is 18.9 Å². The molecule has 1 heterocycles. The third-order valence-corrected chi connectivity index (χ3v) is 3.31. The Morgan fingerprint density at radius 2 is 2.27 bits per heavy atom. The van der Waals surface area contributed by atoms with Crippen LogP contribution in [0, 0.1) is 10.1 Å². The van der Waals surface area contributed by atoms with Crippen molar-refractivity contribution >= 4 is 27.3 Å². The third-order valence-electron chi connectivity index (χ3n) is 2.13. The number of hydrogen-bond donors (Lipinski definition) is 0. The number of nitro groups is 1. The maximum absolute atomic E-state index is 11.6. The fraction of sp³-hybridized carbons (Fsp3) is 0.222. The molecule has 0 aliphatic rings. The lowest BCUT2D eigenvalue weighted by atomic mass is 10.2. The Bertz CT molecular complexity index is 585. The lowest BCUT2D eigenvalue weighted by Crippen LogP contribution is -2.10. The van der Waals surface area contributed by atoms with Crippen molar-refractivity contribution in [1.82, 2.24) is 3.96 Å². The number of non-ortho nitro benzene ring substituents is 1. The highest BCUT2D eigenvalue weighted by atomic mass is 32.1. The van der Waals surface area contributed by atoms with Gasteiger partial charge in [-0.15, -0.1) is 0 Å². The van der Waals surface area contributed by atoms with Crippen molar-refractivity contribution in [3.05, 3.63) is 38.7 Å². The minimum Gasteiger partial charge on any atom is -0.268 e. The normalized spacial score (nSPS) is 10.7. The van der Waals surface area contributed by atoms with Crippen LogP contribution in [0.2, 0.25) is 0 Å². The summed E-state index contributed by atoms with van der Waals surface area (Å²) in [6, 6.07) is 4.31. The van der Waals surface area contributed by atoms with Crippen molar-refractivity contribution in [2.75, 3.05) is 0 Å². The molecule has 0 unspecified atom stereocenters. The average Bonchev–Trinajstić information content (AvgIpc) is 2.55.